The molecule has 0 bridgehead atoms. The second-order valence-electron chi connectivity index (χ2n) is 8.55. The lowest BCUT2D eigenvalue weighted by Crippen LogP contribution is -2.27. The SMILES string of the molecule is CCc1nc2ccc(C3CCNCC3)nn2c1N(C)c1nc(-c2ccc(F)cc2C#N)c(C)s1. The molecule has 0 spiro atoms. The molecule has 9 heteroatoms. The summed E-state index contributed by atoms with van der Waals surface area (Å²) >= 11 is 1.53. The van der Waals surface area contributed by atoms with Crippen molar-refractivity contribution in [2.45, 2.75) is 39.0 Å². The largest absolute Gasteiger partial charge is 0.317 e. The number of piperidine rings is 1. The van der Waals surface area contributed by atoms with E-state index in [0.29, 0.717) is 17.2 Å². The Kier molecular flexibility index (Phi) is 6.02. The van der Waals surface area contributed by atoms with Crippen LogP contribution < -0.4 is 10.2 Å². The molecule has 1 N–H and O–H groups in total. The average molecular weight is 476 g/mol. The number of hydrogen-bond donors (Lipinski definition) is 1. The van der Waals surface area contributed by atoms with Crippen LogP contribution in [0.25, 0.3) is 16.9 Å². The third-order valence-electron chi connectivity index (χ3n) is 6.38. The Morgan fingerprint density at radius 2 is 2.03 bits per heavy atom. The molecule has 1 aliphatic rings. The lowest BCUT2D eigenvalue weighted by Gasteiger charge is -2.22. The number of fused-ring (bicyclic) bond motifs is 1. The Morgan fingerprint density at radius 3 is 2.76 bits per heavy atom. The van der Waals surface area contributed by atoms with Gasteiger partial charge in [-0.2, -0.15) is 14.9 Å². The molecular formula is C25H26FN7S. The minimum atomic E-state index is -0.431. The van der Waals surface area contributed by atoms with Crippen LogP contribution in [-0.4, -0.2) is 39.7 Å². The smallest absolute Gasteiger partial charge is 0.191 e. The minimum Gasteiger partial charge on any atom is -0.317 e. The van der Waals surface area contributed by atoms with Gasteiger partial charge in [0.05, 0.1) is 28.7 Å². The summed E-state index contributed by atoms with van der Waals surface area (Å²) in [5.74, 6) is 0.903. The zero-order valence-corrected chi connectivity index (χ0v) is 20.3. The van der Waals surface area contributed by atoms with Gasteiger partial charge in [0.1, 0.15) is 5.82 Å². The summed E-state index contributed by atoms with van der Waals surface area (Å²) in [6, 6.07) is 10.5. The van der Waals surface area contributed by atoms with Crippen LogP contribution in [0.1, 0.15) is 47.5 Å². The monoisotopic (exact) mass is 475 g/mol. The van der Waals surface area contributed by atoms with Gasteiger partial charge < -0.3 is 10.2 Å². The first-order chi connectivity index (χ1) is 16.5. The summed E-state index contributed by atoms with van der Waals surface area (Å²) in [5, 5.41) is 18.7. The molecule has 7 nitrogen and oxygen atoms in total. The number of nitrogens with one attached hydrogen (secondary N) is 1. The molecular weight excluding hydrogens is 449 g/mol. The lowest BCUT2D eigenvalue weighted by molar-refractivity contribution is 0.449. The Bertz CT molecular complexity index is 1390. The Labute approximate surface area is 201 Å². The van der Waals surface area contributed by atoms with Crippen molar-refractivity contribution in [1.82, 2.24) is 24.9 Å². The van der Waals surface area contributed by atoms with E-state index in [4.69, 9.17) is 15.1 Å². The van der Waals surface area contributed by atoms with Crippen LogP contribution in [0.5, 0.6) is 0 Å². The first kappa shape index (κ1) is 22.4. The lowest BCUT2D eigenvalue weighted by atomic mass is 9.94. The van der Waals surface area contributed by atoms with Crippen LogP contribution in [0.4, 0.5) is 15.3 Å². The van der Waals surface area contributed by atoms with Crippen LogP contribution in [0, 0.1) is 24.1 Å². The second kappa shape index (κ2) is 9.12. The number of rotatable bonds is 5. The van der Waals surface area contributed by atoms with Crippen molar-refractivity contribution in [3.05, 3.63) is 58.0 Å². The standard InChI is InChI=1S/C25H26FN7S/c1-4-20-24(33-22(29-20)8-7-21(31-33)16-9-11-28-12-10-16)32(3)25-30-23(15(2)34-25)19-6-5-18(26)13-17(19)14-27/h5-8,13,16,28H,4,9-12H2,1-3H3. The van der Waals surface area contributed by atoms with E-state index >= 15 is 0 Å². The highest BCUT2D eigenvalue weighted by molar-refractivity contribution is 7.16. The van der Waals surface area contributed by atoms with Crippen LogP contribution in [0.2, 0.25) is 0 Å². The molecule has 3 aromatic heterocycles. The summed E-state index contributed by atoms with van der Waals surface area (Å²) in [5.41, 5.74) is 4.46. The van der Waals surface area contributed by atoms with Gasteiger partial charge in [-0.3, -0.25) is 0 Å². The average Bonchev–Trinajstić information content (AvgIpc) is 3.43. The van der Waals surface area contributed by atoms with Gasteiger partial charge >= 0.3 is 0 Å². The fraction of sp³-hybridized carbons (Fsp3) is 0.360. The van der Waals surface area contributed by atoms with E-state index in [-0.39, 0.29) is 5.56 Å². The van der Waals surface area contributed by atoms with Gasteiger partial charge in [-0.25, -0.2) is 14.4 Å². The number of nitriles is 1. The maximum Gasteiger partial charge on any atom is 0.191 e. The molecule has 5 rings (SSSR count). The number of imidazole rings is 1. The first-order valence-corrected chi connectivity index (χ1v) is 12.3. The zero-order chi connectivity index (χ0) is 23.8. The van der Waals surface area contributed by atoms with Crippen LogP contribution >= 0.6 is 11.3 Å². The van der Waals surface area contributed by atoms with E-state index in [9.17, 15) is 9.65 Å². The molecule has 1 fully saturated rings. The molecule has 1 aliphatic heterocycles. The molecule has 34 heavy (non-hydrogen) atoms. The van der Waals surface area contributed by atoms with E-state index < -0.39 is 5.82 Å². The second-order valence-corrected chi connectivity index (χ2v) is 9.73. The van der Waals surface area contributed by atoms with Gasteiger partial charge in [0.25, 0.3) is 0 Å². The predicted molar refractivity (Wildman–Crippen MR) is 132 cm³/mol. The summed E-state index contributed by atoms with van der Waals surface area (Å²) in [6.07, 6.45) is 2.92. The topological polar surface area (TPSA) is 82.1 Å². The van der Waals surface area contributed by atoms with Crippen molar-refractivity contribution >= 4 is 27.9 Å². The molecule has 0 saturated carbocycles. The Balaban J connectivity index is 1.58. The highest BCUT2D eigenvalue weighted by Gasteiger charge is 2.24. The van der Waals surface area contributed by atoms with Crippen molar-refractivity contribution < 1.29 is 4.39 Å². The Hall–Kier alpha value is -3.35. The number of nitrogens with zero attached hydrogens (tertiary/aromatic N) is 6. The Morgan fingerprint density at radius 1 is 1.24 bits per heavy atom. The molecule has 1 aromatic carbocycles. The number of halogens is 1. The molecule has 0 atom stereocenters. The zero-order valence-electron chi connectivity index (χ0n) is 19.5. The van der Waals surface area contributed by atoms with E-state index in [0.717, 1.165) is 65.2 Å². The van der Waals surface area contributed by atoms with E-state index in [1.807, 2.05) is 23.4 Å². The van der Waals surface area contributed by atoms with Gasteiger partial charge in [-0.1, -0.05) is 6.92 Å². The van der Waals surface area contributed by atoms with E-state index in [1.54, 1.807) is 6.07 Å². The van der Waals surface area contributed by atoms with Crippen molar-refractivity contribution in [3.63, 3.8) is 0 Å². The quantitative estimate of drug-likeness (QED) is 0.439. The van der Waals surface area contributed by atoms with Crippen molar-refractivity contribution in [2.75, 3.05) is 25.0 Å². The summed E-state index contributed by atoms with van der Waals surface area (Å²) in [4.78, 5) is 12.7. The molecule has 0 aliphatic carbocycles. The van der Waals surface area contributed by atoms with Crippen molar-refractivity contribution in [1.29, 1.82) is 5.26 Å². The molecule has 174 valence electrons. The molecule has 0 unspecified atom stereocenters. The van der Waals surface area contributed by atoms with E-state index in [1.165, 1.54) is 23.5 Å². The fourth-order valence-electron chi connectivity index (χ4n) is 4.57. The third kappa shape index (κ3) is 3.93. The van der Waals surface area contributed by atoms with Gasteiger partial charge in [-0.15, -0.1) is 11.3 Å². The highest BCUT2D eigenvalue weighted by atomic mass is 32.1. The molecule has 1 saturated heterocycles. The van der Waals surface area contributed by atoms with Gasteiger partial charge in [0.15, 0.2) is 16.6 Å². The fourth-order valence-corrected chi connectivity index (χ4v) is 5.46. The summed E-state index contributed by atoms with van der Waals surface area (Å²) < 4.78 is 15.6. The van der Waals surface area contributed by atoms with Crippen LogP contribution in [0.3, 0.4) is 0 Å². The number of anilines is 2. The maximum atomic E-state index is 13.7. The van der Waals surface area contributed by atoms with Crippen LogP contribution in [-0.2, 0) is 6.42 Å². The van der Waals surface area contributed by atoms with E-state index in [2.05, 4.69) is 30.4 Å². The van der Waals surface area contributed by atoms with Crippen LogP contribution in [0.15, 0.2) is 30.3 Å². The predicted octanol–water partition coefficient (Wildman–Crippen LogP) is 4.97. The normalized spacial score (nSPS) is 14.4. The maximum absolute atomic E-state index is 13.7. The highest BCUT2D eigenvalue weighted by Crippen LogP contribution is 2.37. The third-order valence-corrected chi connectivity index (χ3v) is 7.43. The number of thiazole rings is 1. The van der Waals surface area contributed by atoms with Crippen molar-refractivity contribution in [3.8, 4) is 17.3 Å². The number of aromatic nitrogens is 4. The molecule has 0 radical (unpaired) electrons. The summed E-state index contributed by atoms with van der Waals surface area (Å²) in [6.45, 7) is 6.08. The number of benzene rings is 1. The molecule has 4 heterocycles. The van der Waals surface area contributed by atoms with Gasteiger partial charge in [0, 0.05) is 23.4 Å². The molecule has 0 amide bonds. The minimum absolute atomic E-state index is 0.278. The number of aryl methyl sites for hydroxylation is 2. The summed E-state index contributed by atoms with van der Waals surface area (Å²) in [7, 11) is 1.97. The number of hydrogen-bond acceptors (Lipinski definition) is 7. The van der Waals surface area contributed by atoms with Crippen molar-refractivity contribution in [2.24, 2.45) is 0 Å². The van der Waals surface area contributed by atoms with Gasteiger partial charge in [-0.05, 0) is 69.6 Å². The van der Waals surface area contributed by atoms with Gasteiger partial charge in [0.2, 0.25) is 0 Å². The molecule has 4 aromatic rings. The first-order valence-electron chi connectivity index (χ1n) is 11.5.